The normalized spacial score (nSPS) is 13.9. The molecule has 2 heterocycles. The summed E-state index contributed by atoms with van der Waals surface area (Å²) < 4.78 is 5.51. The Bertz CT molecular complexity index is 632. The molecule has 0 aliphatic carbocycles. The summed E-state index contributed by atoms with van der Waals surface area (Å²) in [5.74, 6) is 0. The molecular weight excluding hydrogens is 561 g/mol. The van der Waals surface area contributed by atoms with Crippen molar-refractivity contribution in [2.75, 3.05) is 13.2 Å². The van der Waals surface area contributed by atoms with E-state index in [9.17, 15) is 0 Å². The monoisotopic (exact) mass is 598 g/mol. The first-order chi connectivity index (χ1) is 13.8. The van der Waals surface area contributed by atoms with Gasteiger partial charge in [0.15, 0.2) is 0 Å². The number of rotatable bonds is 6. The van der Waals surface area contributed by atoms with Gasteiger partial charge in [0.2, 0.25) is 0 Å². The Morgan fingerprint density at radius 1 is 1.19 bits per heavy atom. The van der Waals surface area contributed by atoms with Crippen molar-refractivity contribution in [2.45, 2.75) is 37.8 Å². The van der Waals surface area contributed by atoms with Gasteiger partial charge in [0.25, 0.3) is 15.3 Å². The molecule has 16 N–H and O–H groups in total. The summed E-state index contributed by atoms with van der Waals surface area (Å²) >= 11 is 5.08. The molecule has 1 radical (unpaired) electrons. The van der Waals surface area contributed by atoms with Crippen molar-refractivity contribution in [1.82, 2.24) is 15.6 Å². The van der Waals surface area contributed by atoms with E-state index >= 15 is 0 Å². The molecule has 2 atom stereocenters. The van der Waals surface area contributed by atoms with Gasteiger partial charge in [0.05, 0.1) is 6.61 Å². The van der Waals surface area contributed by atoms with Crippen LogP contribution < -0.4 is 10.6 Å². The number of hydrogen-bond donors (Lipinski definition) is 4. The third-order valence-electron chi connectivity index (χ3n) is 3.66. The molecule has 219 valence electrons. The third kappa shape index (κ3) is 33.4. The predicted octanol–water partition coefficient (Wildman–Crippen LogP) is -2.91. The Morgan fingerprint density at radius 3 is 2.17 bits per heavy atom. The van der Waals surface area contributed by atoms with Gasteiger partial charge in [-0.3, -0.25) is 4.98 Å². The van der Waals surface area contributed by atoms with Gasteiger partial charge in [-0.25, -0.2) is 0 Å². The molecule has 1 saturated heterocycles. The molecule has 1 fully saturated rings. The summed E-state index contributed by atoms with van der Waals surface area (Å²) in [6, 6.07) is 5.01. The zero-order valence-corrected chi connectivity index (χ0v) is 20.9. The summed E-state index contributed by atoms with van der Waals surface area (Å²) in [6.07, 6.45) is 10.1. The molecule has 2 unspecified atom stereocenters. The SMILES string of the molecule is C=CCNC(=S)OCCC1CCCC(c2cccnc2)N1.O.O.O.O.O.O.O=[N+]([O-])O.O=[N+]([O-])O.[Co]. The Balaban J connectivity index is -0.0000000772. The maximum atomic E-state index is 8.36. The summed E-state index contributed by atoms with van der Waals surface area (Å²) in [5.41, 5.74) is 1.27. The van der Waals surface area contributed by atoms with Crippen LogP contribution in [0.1, 0.15) is 37.3 Å². The maximum absolute atomic E-state index is 8.36. The van der Waals surface area contributed by atoms with Crippen LogP contribution in [0.2, 0.25) is 0 Å². The van der Waals surface area contributed by atoms with Gasteiger partial charge in [0, 0.05) is 47.8 Å². The minimum Gasteiger partial charge on any atom is -0.471 e. The average molecular weight is 598 g/mol. The molecule has 0 spiro atoms. The molecular formula is C16H37CoN5O13S. The quantitative estimate of drug-likeness (QED) is 0.111. The number of thiocarbonyl (C=S) groups is 1. The van der Waals surface area contributed by atoms with E-state index in [0.717, 1.165) is 6.42 Å². The fraction of sp³-hybridized carbons (Fsp3) is 0.500. The van der Waals surface area contributed by atoms with Gasteiger partial charge in [0.1, 0.15) is 0 Å². The van der Waals surface area contributed by atoms with Gasteiger partial charge < -0.3 is 58.6 Å². The third-order valence-corrected chi connectivity index (χ3v) is 3.92. The average Bonchev–Trinajstić information content (AvgIpc) is 2.66. The van der Waals surface area contributed by atoms with Crippen LogP contribution in [0.5, 0.6) is 0 Å². The summed E-state index contributed by atoms with van der Waals surface area (Å²) in [7, 11) is 0. The Morgan fingerprint density at radius 2 is 1.72 bits per heavy atom. The molecule has 1 aromatic rings. The van der Waals surface area contributed by atoms with Crippen LogP contribution in [0.4, 0.5) is 0 Å². The van der Waals surface area contributed by atoms with Crippen molar-refractivity contribution in [1.29, 1.82) is 0 Å². The molecule has 1 aromatic heterocycles. The number of aromatic nitrogens is 1. The van der Waals surface area contributed by atoms with Gasteiger partial charge in [-0.05, 0) is 43.1 Å². The van der Waals surface area contributed by atoms with Crippen molar-refractivity contribution in [3.8, 4) is 0 Å². The van der Waals surface area contributed by atoms with Crippen LogP contribution in [0.25, 0.3) is 0 Å². The number of nitrogens with zero attached hydrogens (tertiary/aromatic N) is 3. The zero-order valence-electron chi connectivity index (χ0n) is 19.0. The van der Waals surface area contributed by atoms with E-state index in [1.165, 1.54) is 24.8 Å². The van der Waals surface area contributed by atoms with Gasteiger partial charge >= 0.3 is 0 Å². The number of pyridine rings is 1. The maximum Gasteiger partial charge on any atom is 0.291 e. The van der Waals surface area contributed by atoms with Crippen molar-refractivity contribution >= 4 is 17.4 Å². The summed E-state index contributed by atoms with van der Waals surface area (Å²) in [4.78, 5) is 20.9. The molecule has 20 heteroatoms. The Kier molecular flexibility index (Phi) is 51.8. The van der Waals surface area contributed by atoms with Crippen LogP contribution in [-0.4, -0.2) is 82.8 Å². The topological polar surface area (TPSA) is 362 Å². The van der Waals surface area contributed by atoms with Gasteiger partial charge in [-0.15, -0.1) is 26.8 Å². The van der Waals surface area contributed by atoms with E-state index in [-0.39, 0.29) is 49.6 Å². The first-order valence-electron chi connectivity index (χ1n) is 8.60. The van der Waals surface area contributed by atoms with E-state index in [1.807, 2.05) is 18.5 Å². The second-order valence-electron chi connectivity index (χ2n) is 5.70. The molecule has 1 aliphatic heterocycles. The first-order valence-corrected chi connectivity index (χ1v) is 9.01. The molecule has 0 amide bonds. The van der Waals surface area contributed by atoms with E-state index in [2.05, 4.69) is 28.3 Å². The smallest absolute Gasteiger partial charge is 0.291 e. The van der Waals surface area contributed by atoms with Gasteiger partial charge in [-0.2, -0.15) is 0 Å². The van der Waals surface area contributed by atoms with Crippen molar-refractivity contribution in [3.63, 3.8) is 0 Å². The standard InChI is InChI=1S/C16H23N3OS.Co.2HNO3.6H2O/c1-2-9-18-16(21)20-11-8-14-6-3-7-15(19-14)13-5-4-10-17-12-13;;2*2-1(3)4;;;;;;/h2,4-5,10,12,14-15,19H,1,3,6-9,11H2,(H,18,21);;2*(H,2,3,4);6*1H2. The number of piperidine rings is 1. The molecule has 0 bridgehead atoms. The second kappa shape index (κ2) is 34.4. The molecule has 2 rings (SSSR count). The fourth-order valence-corrected chi connectivity index (χ4v) is 2.76. The van der Waals surface area contributed by atoms with E-state index in [4.69, 9.17) is 47.6 Å². The molecule has 0 aromatic carbocycles. The van der Waals surface area contributed by atoms with Gasteiger partial charge in [-0.1, -0.05) is 18.6 Å². The van der Waals surface area contributed by atoms with Crippen molar-refractivity contribution < 1.29 is 75.0 Å². The summed E-state index contributed by atoms with van der Waals surface area (Å²) in [6.45, 7) is 4.91. The number of hydrogen-bond acceptors (Lipinski definition) is 8. The molecule has 0 saturated carbocycles. The van der Waals surface area contributed by atoms with Crippen LogP contribution in [0, 0.1) is 20.2 Å². The van der Waals surface area contributed by atoms with E-state index < -0.39 is 10.2 Å². The minimum atomic E-state index is -1.50. The van der Waals surface area contributed by atoms with Crippen LogP contribution in [-0.2, 0) is 21.5 Å². The molecule has 1 aliphatic rings. The predicted molar refractivity (Wildman–Crippen MR) is 128 cm³/mol. The fourth-order valence-electron chi connectivity index (χ4n) is 2.59. The molecule has 18 nitrogen and oxygen atoms in total. The number of ether oxygens (including phenoxy) is 1. The van der Waals surface area contributed by atoms with E-state index in [1.54, 1.807) is 6.08 Å². The van der Waals surface area contributed by atoms with Crippen LogP contribution >= 0.6 is 12.2 Å². The van der Waals surface area contributed by atoms with E-state index in [0.29, 0.717) is 30.4 Å². The first kappa shape index (κ1) is 54.2. The summed E-state index contributed by atoms with van der Waals surface area (Å²) in [5, 5.41) is 34.4. The molecule has 36 heavy (non-hydrogen) atoms. The van der Waals surface area contributed by atoms with Crippen LogP contribution in [0.3, 0.4) is 0 Å². The van der Waals surface area contributed by atoms with Crippen molar-refractivity contribution in [3.05, 3.63) is 63.0 Å². The minimum absolute atomic E-state index is 0. The largest absolute Gasteiger partial charge is 0.471 e. The number of nitrogens with one attached hydrogen (secondary N) is 2. The zero-order chi connectivity index (χ0) is 22.1. The van der Waals surface area contributed by atoms with Crippen molar-refractivity contribution in [2.24, 2.45) is 0 Å². The Labute approximate surface area is 222 Å². The Hall–Kier alpha value is -2.79. The second-order valence-corrected chi connectivity index (χ2v) is 6.07. The van der Waals surface area contributed by atoms with Crippen LogP contribution in [0.15, 0.2) is 37.2 Å².